The van der Waals surface area contributed by atoms with Crippen molar-refractivity contribution in [2.75, 3.05) is 7.11 Å². The fraction of sp³-hybridized carbons (Fsp3) is 0.300. The van der Waals surface area contributed by atoms with Crippen molar-refractivity contribution in [3.63, 3.8) is 0 Å². The first-order valence-corrected chi connectivity index (χ1v) is 9.89. The van der Waals surface area contributed by atoms with Crippen LogP contribution in [-0.4, -0.2) is 28.3 Å². The lowest BCUT2D eigenvalue weighted by Crippen LogP contribution is -2.36. The van der Waals surface area contributed by atoms with Gasteiger partial charge in [0.05, 0.1) is 12.0 Å². The summed E-state index contributed by atoms with van der Waals surface area (Å²) in [5.41, 5.74) is 0.962. The van der Waals surface area contributed by atoms with E-state index in [9.17, 15) is 4.79 Å². The summed E-state index contributed by atoms with van der Waals surface area (Å²) in [4.78, 5) is 15.2. The Morgan fingerprint density at radius 1 is 1.19 bits per heavy atom. The van der Waals surface area contributed by atoms with Crippen LogP contribution in [-0.2, 0) is 4.79 Å². The summed E-state index contributed by atoms with van der Waals surface area (Å²) in [6.45, 7) is 0. The van der Waals surface area contributed by atoms with E-state index in [1.54, 1.807) is 18.1 Å². The molecule has 0 bridgehead atoms. The van der Waals surface area contributed by atoms with Crippen molar-refractivity contribution in [1.82, 2.24) is 4.90 Å². The van der Waals surface area contributed by atoms with Gasteiger partial charge in [-0.15, -0.1) is 0 Å². The van der Waals surface area contributed by atoms with Crippen LogP contribution in [0.4, 0.5) is 0 Å². The summed E-state index contributed by atoms with van der Waals surface area (Å²) in [5.74, 6) is 2.22. The maximum Gasteiger partial charge on any atom is 0.266 e. The molecule has 2 aromatic rings. The first-order chi connectivity index (χ1) is 12.7. The van der Waals surface area contributed by atoms with Crippen molar-refractivity contribution in [1.29, 1.82) is 0 Å². The van der Waals surface area contributed by atoms with E-state index >= 15 is 0 Å². The van der Waals surface area contributed by atoms with Gasteiger partial charge in [0.15, 0.2) is 0 Å². The number of nitrogens with zero attached hydrogens (tertiary/aromatic N) is 1. The highest BCUT2D eigenvalue weighted by atomic mass is 32.2. The fourth-order valence-corrected chi connectivity index (χ4v) is 4.81. The van der Waals surface area contributed by atoms with Crippen molar-refractivity contribution in [3.8, 4) is 17.1 Å². The Bertz CT molecular complexity index is 863. The molecule has 6 heteroatoms. The minimum absolute atomic E-state index is 0.00861. The molecule has 0 radical (unpaired) electrons. The molecule has 2 fully saturated rings. The third-order valence-corrected chi connectivity index (χ3v) is 6.12. The van der Waals surface area contributed by atoms with Crippen LogP contribution in [0.25, 0.3) is 17.4 Å². The maximum absolute atomic E-state index is 12.7. The Morgan fingerprint density at radius 2 is 1.92 bits per heavy atom. The van der Waals surface area contributed by atoms with Gasteiger partial charge in [-0.3, -0.25) is 9.69 Å². The Balaban J connectivity index is 1.54. The van der Waals surface area contributed by atoms with E-state index in [0.29, 0.717) is 15.0 Å². The largest absolute Gasteiger partial charge is 0.497 e. The second-order valence-corrected chi connectivity index (χ2v) is 8.10. The molecule has 1 aliphatic carbocycles. The number of furan rings is 1. The van der Waals surface area contributed by atoms with Crippen LogP contribution >= 0.6 is 24.0 Å². The van der Waals surface area contributed by atoms with Gasteiger partial charge in [-0.2, -0.15) is 0 Å². The highest BCUT2D eigenvalue weighted by molar-refractivity contribution is 8.26. The summed E-state index contributed by atoms with van der Waals surface area (Å²) in [7, 11) is 1.64. The summed E-state index contributed by atoms with van der Waals surface area (Å²) < 4.78 is 11.7. The third kappa shape index (κ3) is 3.31. The molecule has 0 unspecified atom stereocenters. The molecule has 26 heavy (non-hydrogen) atoms. The normalized spacial score (nSPS) is 19.7. The second kappa shape index (κ2) is 7.29. The molecule has 2 aliphatic rings. The molecular formula is C20H19NO3S2. The number of hydrogen-bond donors (Lipinski definition) is 0. The Kier molecular flexibility index (Phi) is 4.87. The molecule has 134 valence electrons. The van der Waals surface area contributed by atoms with Crippen molar-refractivity contribution in [2.24, 2.45) is 0 Å². The molecule has 0 spiro atoms. The van der Waals surface area contributed by atoms with Crippen LogP contribution in [0.2, 0.25) is 0 Å². The zero-order chi connectivity index (χ0) is 18.1. The Hall–Kier alpha value is -2.05. The van der Waals surface area contributed by atoms with Crippen LogP contribution in [0.15, 0.2) is 45.7 Å². The molecular weight excluding hydrogens is 366 g/mol. The standard InChI is InChI=1S/C20H19NO3S2/c1-23-15-8-6-13(7-9-15)17-11-10-16(24-17)12-18-19(22)21(20(25)26-18)14-4-2-3-5-14/h6-12,14H,2-5H2,1H3/b18-12+. The lowest BCUT2D eigenvalue weighted by molar-refractivity contribution is -0.123. The maximum atomic E-state index is 12.7. The van der Waals surface area contributed by atoms with Gasteiger partial charge in [0.2, 0.25) is 0 Å². The quantitative estimate of drug-likeness (QED) is 0.541. The van der Waals surface area contributed by atoms with E-state index in [0.717, 1.165) is 29.9 Å². The third-order valence-electron chi connectivity index (χ3n) is 4.79. The summed E-state index contributed by atoms with van der Waals surface area (Å²) in [5, 5.41) is 0. The number of benzene rings is 1. The number of thiocarbonyl (C=S) groups is 1. The van der Waals surface area contributed by atoms with Gasteiger partial charge in [0.25, 0.3) is 5.91 Å². The molecule has 0 N–H and O–H groups in total. The minimum atomic E-state index is 0.00861. The topological polar surface area (TPSA) is 42.7 Å². The molecule has 2 heterocycles. The molecule has 1 aromatic heterocycles. The second-order valence-electron chi connectivity index (χ2n) is 6.42. The predicted molar refractivity (Wildman–Crippen MR) is 108 cm³/mol. The first-order valence-electron chi connectivity index (χ1n) is 8.67. The minimum Gasteiger partial charge on any atom is -0.497 e. The molecule has 1 aliphatic heterocycles. The van der Waals surface area contributed by atoms with Crippen LogP contribution in [0.5, 0.6) is 5.75 Å². The van der Waals surface area contributed by atoms with Crippen LogP contribution < -0.4 is 4.74 Å². The monoisotopic (exact) mass is 385 g/mol. The lowest BCUT2D eigenvalue weighted by Gasteiger charge is -2.21. The van der Waals surface area contributed by atoms with E-state index in [1.165, 1.54) is 24.6 Å². The zero-order valence-electron chi connectivity index (χ0n) is 14.4. The van der Waals surface area contributed by atoms with Crippen molar-refractivity contribution < 1.29 is 13.9 Å². The van der Waals surface area contributed by atoms with E-state index < -0.39 is 0 Å². The Morgan fingerprint density at radius 3 is 2.62 bits per heavy atom. The van der Waals surface area contributed by atoms with Crippen LogP contribution in [0, 0.1) is 0 Å². The van der Waals surface area contributed by atoms with Crippen LogP contribution in [0.3, 0.4) is 0 Å². The van der Waals surface area contributed by atoms with E-state index in [2.05, 4.69) is 0 Å². The van der Waals surface area contributed by atoms with Gasteiger partial charge in [-0.1, -0.05) is 36.8 Å². The number of rotatable bonds is 4. The molecule has 1 saturated heterocycles. The molecule has 0 atom stereocenters. The zero-order valence-corrected chi connectivity index (χ0v) is 16.1. The van der Waals surface area contributed by atoms with Crippen molar-refractivity contribution >= 4 is 40.3 Å². The van der Waals surface area contributed by atoms with Gasteiger partial charge in [0, 0.05) is 17.7 Å². The van der Waals surface area contributed by atoms with Crippen molar-refractivity contribution in [2.45, 2.75) is 31.7 Å². The summed E-state index contributed by atoms with van der Waals surface area (Å²) in [6, 6.07) is 11.7. The average molecular weight is 386 g/mol. The lowest BCUT2D eigenvalue weighted by atomic mass is 10.2. The molecule has 1 saturated carbocycles. The number of carbonyl (C=O) groups excluding carboxylic acids is 1. The van der Waals surface area contributed by atoms with Gasteiger partial charge in [-0.25, -0.2) is 0 Å². The van der Waals surface area contributed by atoms with Gasteiger partial charge >= 0.3 is 0 Å². The molecule has 4 nitrogen and oxygen atoms in total. The smallest absolute Gasteiger partial charge is 0.266 e. The van der Waals surface area contributed by atoms with E-state index in [1.807, 2.05) is 36.4 Å². The van der Waals surface area contributed by atoms with E-state index in [-0.39, 0.29) is 11.9 Å². The van der Waals surface area contributed by atoms with Crippen LogP contribution in [0.1, 0.15) is 31.4 Å². The van der Waals surface area contributed by atoms with Gasteiger partial charge in [-0.05, 0) is 49.2 Å². The number of carbonyl (C=O) groups is 1. The van der Waals surface area contributed by atoms with E-state index in [4.69, 9.17) is 21.4 Å². The SMILES string of the molecule is COc1ccc(-c2ccc(/C=C3/SC(=S)N(C4CCCC4)C3=O)o2)cc1. The summed E-state index contributed by atoms with van der Waals surface area (Å²) in [6.07, 6.45) is 6.22. The fourth-order valence-electron chi connectivity index (χ4n) is 3.43. The number of thioether (sulfide) groups is 1. The average Bonchev–Trinajstić information content (AvgIpc) is 3.38. The predicted octanol–water partition coefficient (Wildman–Crippen LogP) is 5.10. The Labute approximate surface area is 162 Å². The number of amides is 1. The number of methoxy groups -OCH3 is 1. The van der Waals surface area contributed by atoms with Gasteiger partial charge < -0.3 is 9.15 Å². The van der Waals surface area contributed by atoms with Gasteiger partial charge in [0.1, 0.15) is 21.6 Å². The number of hydrogen-bond acceptors (Lipinski definition) is 5. The first kappa shape index (κ1) is 17.4. The number of ether oxygens (including phenoxy) is 1. The molecule has 1 aromatic carbocycles. The highest BCUT2D eigenvalue weighted by Crippen LogP contribution is 2.38. The van der Waals surface area contributed by atoms with Crippen molar-refractivity contribution in [3.05, 3.63) is 47.1 Å². The highest BCUT2D eigenvalue weighted by Gasteiger charge is 2.38. The summed E-state index contributed by atoms with van der Waals surface area (Å²) >= 11 is 6.80. The molecule has 1 amide bonds. The molecule has 4 rings (SSSR count).